The van der Waals surface area contributed by atoms with Crippen LogP contribution in [0.4, 0.5) is 0 Å². The van der Waals surface area contributed by atoms with Gasteiger partial charge in [0.1, 0.15) is 5.75 Å². The van der Waals surface area contributed by atoms with Crippen molar-refractivity contribution in [2.24, 2.45) is 5.92 Å². The van der Waals surface area contributed by atoms with E-state index >= 15 is 0 Å². The molecule has 1 aliphatic heterocycles. The Balaban J connectivity index is 1.56. The van der Waals surface area contributed by atoms with E-state index in [0.717, 1.165) is 17.0 Å². The number of aromatic nitrogens is 1. The Morgan fingerprint density at radius 2 is 2.04 bits per heavy atom. The van der Waals surface area contributed by atoms with Crippen LogP contribution in [-0.2, 0) is 22.7 Å². The summed E-state index contributed by atoms with van der Waals surface area (Å²) in [6.45, 7) is 3.98. The number of carbonyl (C=O) groups is 2. The van der Waals surface area contributed by atoms with E-state index in [1.54, 1.807) is 23.0 Å². The first-order valence-electron chi connectivity index (χ1n) is 9.21. The highest BCUT2D eigenvalue weighted by Crippen LogP contribution is 2.22. The van der Waals surface area contributed by atoms with Crippen molar-refractivity contribution in [2.75, 3.05) is 20.2 Å². The summed E-state index contributed by atoms with van der Waals surface area (Å²) in [5, 5.41) is 0. The number of benzene rings is 1. The number of carbonyl (C=O) groups excluding carboxylic acids is 2. The predicted octanol–water partition coefficient (Wildman–Crippen LogP) is 2.49. The number of amides is 2. The van der Waals surface area contributed by atoms with Crippen LogP contribution in [0.2, 0.25) is 0 Å². The van der Waals surface area contributed by atoms with E-state index in [4.69, 9.17) is 4.74 Å². The molecule has 1 aliphatic rings. The number of nitrogens with zero attached hydrogens (tertiary/aromatic N) is 3. The van der Waals surface area contributed by atoms with Crippen LogP contribution in [0, 0.1) is 5.92 Å². The van der Waals surface area contributed by atoms with Gasteiger partial charge in [-0.1, -0.05) is 18.2 Å². The Morgan fingerprint density at radius 3 is 2.70 bits per heavy atom. The van der Waals surface area contributed by atoms with E-state index in [-0.39, 0.29) is 24.2 Å². The first-order valence-corrected chi connectivity index (χ1v) is 9.21. The van der Waals surface area contributed by atoms with E-state index in [1.165, 1.54) is 0 Å². The molecule has 1 aromatic carbocycles. The molecular weight excluding hydrogens is 342 g/mol. The average molecular weight is 367 g/mol. The molecule has 1 fully saturated rings. The fourth-order valence-corrected chi connectivity index (χ4v) is 3.30. The maximum atomic E-state index is 12.8. The molecule has 0 N–H and O–H groups in total. The standard InChI is InChI=1S/C21H25N3O3/c1-3-27-19-9-7-16(8-10-19)13-23(2)21(26)17-12-20(25)24(14-17)15-18-6-4-5-11-22-18/h4-11,17H,3,12-15H2,1-2H3/t17-/m1/s1. The summed E-state index contributed by atoms with van der Waals surface area (Å²) in [6, 6.07) is 13.4. The lowest BCUT2D eigenvalue weighted by atomic mass is 10.1. The average Bonchev–Trinajstić information content (AvgIpc) is 3.04. The number of ether oxygens (including phenoxy) is 1. The summed E-state index contributed by atoms with van der Waals surface area (Å²) in [4.78, 5) is 32.7. The van der Waals surface area contributed by atoms with Gasteiger partial charge in [0.25, 0.3) is 0 Å². The third kappa shape index (κ3) is 4.84. The van der Waals surface area contributed by atoms with E-state index in [9.17, 15) is 9.59 Å². The van der Waals surface area contributed by atoms with Gasteiger partial charge in [0.2, 0.25) is 11.8 Å². The van der Waals surface area contributed by atoms with Crippen LogP contribution < -0.4 is 4.74 Å². The van der Waals surface area contributed by atoms with Crippen molar-refractivity contribution in [3.05, 3.63) is 59.9 Å². The van der Waals surface area contributed by atoms with Crippen molar-refractivity contribution in [3.8, 4) is 5.75 Å². The van der Waals surface area contributed by atoms with Crippen LogP contribution in [0.15, 0.2) is 48.7 Å². The SMILES string of the molecule is CCOc1ccc(CN(C)C(=O)[C@@H]2CC(=O)N(Cc3ccccn3)C2)cc1. The number of hydrogen-bond donors (Lipinski definition) is 0. The van der Waals surface area contributed by atoms with Crippen molar-refractivity contribution in [3.63, 3.8) is 0 Å². The minimum Gasteiger partial charge on any atom is -0.494 e. The Hall–Kier alpha value is -2.89. The Morgan fingerprint density at radius 1 is 1.26 bits per heavy atom. The number of likely N-dealkylation sites (tertiary alicyclic amines) is 1. The molecule has 142 valence electrons. The van der Waals surface area contributed by atoms with Gasteiger partial charge in [0.05, 0.1) is 24.8 Å². The molecule has 3 rings (SSSR count). The number of rotatable bonds is 7. The maximum Gasteiger partial charge on any atom is 0.228 e. The molecule has 1 saturated heterocycles. The molecule has 2 aromatic rings. The van der Waals surface area contributed by atoms with Crippen LogP contribution in [-0.4, -0.2) is 46.8 Å². The normalized spacial score (nSPS) is 16.4. The summed E-state index contributed by atoms with van der Waals surface area (Å²) in [5.41, 5.74) is 1.87. The second-order valence-corrected chi connectivity index (χ2v) is 6.77. The fraction of sp³-hybridized carbons (Fsp3) is 0.381. The third-order valence-corrected chi connectivity index (χ3v) is 4.67. The molecule has 27 heavy (non-hydrogen) atoms. The van der Waals surface area contributed by atoms with Crippen LogP contribution >= 0.6 is 0 Å². The molecular formula is C21H25N3O3. The number of hydrogen-bond acceptors (Lipinski definition) is 4. The predicted molar refractivity (Wildman–Crippen MR) is 102 cm³/mol. The minimum atomic E-state index is -0.297. The molecule has 0 bridgehead atoms. The van der Waals surface area contributed by atoms with Crippen molar-refractivity contribution in [1.82, 2.24) is 14.8 Å². The van der Waals surface area contributed by atoms with Gasteiger partial charge in [-0.3, -0.25) is 14.6 Å². The summed E-state index contributed by atoms with van der Waals surface area (Å²) in [6.07, 6.45) is 1.97. The van der Waals surface area contributed by atoms with E-state index in [1.807, 2.05) is 49.4 Å². The molecule has 2 heterocycles. The van der Waals surface area contributed by atoms with Gasteiger partial charge < -0.3 is 14.5 Å². The fourth-order valence-electron chi connectivity index (χ4n) is 3.30. The first-order chi connectivity index (χ1) is 13.1. The van der Waals surface area contributed by atoms with Crippen LogP contribution in [0.25, 0.3) is 0 Å². The molecule has 0 aliphatic carbocycles. The molecule has 6 heteroatoms. The molecule has 0 spiro atoms. The lowest BCUT2D eigenvalue weighted by Gasteiger charge is -2.21. The molecule has 1 atom stereocenters. The monoisotopic (exact) mass is 367 g/mol. The highest BCUT2D eigenvalue weighted by molar-refractivity contribution is 5.89. The van der Waals surface area contributed by atoms with Gasteiger partial charge >= 0.3 is 0 Å². The molecule has 2 amide bonds. The van der Waals surface area contributed by atoms with Gasteiger partial charge in [-0.15, -0.1) is 0 Å². The van der Waals surface area contributed by atoms with Crippen molar-refractivity contribution in [1.29, 1.82) is 0 Å². The lowest BCUT2D eigenvalue weighted by molar-refractivity contribution is -0.135. The topological polar surface area (TPSA) is 62.7 Å². The minimum absolute atomic E-state index is 0.000700. The molecule has 0 saturated carbocycles. The quantitative estimate of drug-likeness (QED) is 0.754. The molecule has 6 nitrogen and oxygen atoms in total. The van der Waals surface area contributed by atoms with Crippen LogP contribution in [0.5, 0.6) is 5.75 Å². The number of pyridine rings is 1. The summed E-state index contributed by atoms with van der Waals surface area (Å²) < 4.78 is 5.44. The van der Waals surface area contributed by atoms with Gasteiger partial charge in [-0.2, -0.15) is 0 Å². The zero-order chi connectivity index (χ0) is 19.2. The van der Waals surface area contributed by atoms with Crippen LogP contribution in [0.1, 0.15) is 24.6 Å². The second-order valence-electron chi connectivity index (χ2n) is 6.77. The molecule has 1 aromatic heterocycles. The third-order valence-electron chi connectivity index (χ3n) is 4.67. The Labute approximate surface area is 159 Å². The second kappa shape index (κ2) is 8.66. The summed E-state index contributed by atoms with van der Waals surface area (Å²) in [5.74, 6) is 0.532. The molecule has 0 unspecified atom stereocenters. The summed E-state index contributed by atoms with van der Waals surface area (Å²) >= 11 is 0. The van der Waals surface area contributed by atoms with Crippen LogP contribution in [0.3, 0.4) is 0 Å². The summed E-state index contributed by atoms with van der Waals surface area (Å²) in [7, 11) is 1.78. The first kappa shape index (κ1) is 18.9. The van der Waals surface area contributed by atoms with Gasteiger partial charge in [0, 0.05) is 32.8 Å². The molecule has 0 radical (unpaired) electrons. The van der Waals surface area contributed by atoms with Crippen molar-refractivity contribution >= 4 is 11.8 Å². The van der Waals surface area contributed by atoms with Gasteiger partial charge in [-0.05, 0) is 36.8 Å². The lowest BCUT2D eigenvalue weighted by Crippen LogP contribution is -2.34. The highest BCUT2D eigenvalue weighted by Gasteiger charge is 2.35. The smallest absolute Gasteiger partial charge is 0.228 e. The van der Waals surface area contributed by atoms with E-state index in [0.29, 0.717) is 26.2 Å². The maximum absolute atomic E-state index is 12.8. The highest BCUT2D eigenvalue weighted by atomic mass is 16.5. The van der Waals surface area contributed by atoms with Crippen molar-refractivity contribution < 1.29 is 14.3 Å². The Bertz CT molecular complexity index is 777. The van der Waals surface area contributed by atoms with E-state index < -0.39 is 0 Å². The van der Waals surface area contributed by atoms with E-state index in [2.05, 4.69) is 4.98 Å². The Kier molecular flexibility index (Phi) is 6.06. The zero-order valence-corrected chi connectivity index (χ0v) is 15.8. The van der Waals surface area contributed by atoms with Crippen molar-refractivity contribution in [2.45, 2.75) is 26.4 Å². The zero-order valence-electron chi connectivity index (χ0n) is 15.8. The largest absolute Gasteiger partial charge is 0.494 e. The van der Waals surface area contributed by atoms with Gasteiger partial charge in [0.15, 0.2) is 0 Å². The van der Waals surface area contributed by atoms with Gasteiger partial charge in [-0.25, -0.2) is 0 Å².